The molecule has 0 aliphatic carbocycles. The molecule has 2 aromatic rings. The Hall–Kier alpha value is -1.32. The van der Waals surface area contributed by atoms with Gasteiger partial charge in [0, 0.05) is 37.1 Å². The quantitative estimate of drug-likeness (QED) is 0.775. The summed E-state index contributed by atoms with van der Waals surface area (Å²) in [6, 6.07) is 8.24. The maximum atomic E-state index is 8.96. The van der Waals surface area contributed by atoms with Crippen LogP contribution in [0.1, 0.15) is 44.9 Å². The Morgan fingerprint density at radius 1 is 1.24 bits per heavy atom. The van der Waals surface area contributed by atoms with Gasteiger partial charge in [0.15, 0.2) is 0 Å². The lowest BCUT2D eigenvalue weighted by Crippen LogP contribution is -2.29. The van der Waals surface area contributed by atoms with Gasteiger partial charge in [0.25, 0.3) is 0 Å². The summed E-state index contributed by atoms with van der Waals surface area (Å²) < 4.78 is 5.92. The number of hydrogen-bond donors (Lipinski definition) is 2. The summed E-state index contributed by atoms with van der Waals surface area (Å²) in [5, 5.41) is 13.7. The van der Waals surface area contributed by atoms with Gasteiger partial charge in [-0.15, -0.1) is 0 Å². The van der Waals surface area contributed by atoms with Crippen molar-refractivity contribution in [2.24, 2.45) is 5.41 Å². The maximum absolute atomic E-state index is 8.96. The zero-order valence-electron chi connectivity index (χ0n) is 13.4. The Balaban J connectivity index is 2.03. The summed E-state index contributed by atoms with van der Waals surface area (Å²) in [5.41, 5.74) is 2.46. The van der Waals surface area contributed by atoms with E-state index in [-0.39, 0.29) is 12.0 Å². The third-order valence-corrected chi connectivity index (χ3v) is 4.02. The number of aliphatic hydroxyl groups excluding tert-OH is 1. The largest absolute Gasteiger partial charge is 0.461 e. The van der Waals surface area contributed by atoms with Crippen molar-refractivity contribution in [3.63, 3.8) is 0 Å². The van der Waals surface area contributed by atoms with Gasteiger partial charge in [0.05, 0.1) is 0 Å². The molecular weight excluding hydrogens is 262 g/mol. The van der Waals surface area contributed by atoms with E-state index in [4.69, 9.17) is 9.52 Å². The predicted molar refractivity (Wildman–Crippen MR) is 87.4 cm³/mol. The van der Waals surface area contributed by atoms with Crippen LogP contribution >= 0.6 is 0 Å². The van der Waals surface area contributed by atoms with E-state index in [0.717, 1.165) is 43.7 Å². The molecule has 21 heavy (non-hydrogen) atoms. The van der Waals surface area contributed by atoms with Crippen molar-refractivity contribution in [2.45, 2.75) is 46.6 Å². The first-order valence-electron chi connectivity index (χ1n) is 7.88. The summed E-state index contributed by atoms with van der Waals surface area (Å²) in [6.07, 6.45) is 2.81. The van der Waals surface area contributed by atoms with Gasteiger partial charge in [-0.25, -0.2) is 0 Å². The molecule has 2 rings (SSSR count). The number of aliphatic hydroxyl groups is 1. The van der Waals surface area contributed by atoms with Crippen LogP contribution in [0.15, 0.2) is 28.7 Å². The van der Waals surface area contributed by atoms with E-state index in [1.807, 2.05) is 12.1 Å². The first kappa shape index (κ1) is 16.1. The van der Waals surface area contributed by atoms with Crippen LogP contribution in [-0.4, -0.2) is 18.3 Å². The van der Waals surface area contributed by atoms with Crippen molar-refractivity contribution in [3.8, 4) is 0 Å². The van der Waals surface area contributed by atoms with E-state index < -0.39 is 0 Å². The molecule has 0 unspecified atom stereocenters. The van der Waals surface area contributed by atoms with Crippen LogP contribution in [0.3, 0.4) is 0 Å². The Morgan fingerprint density at radius 3 is 2.71 bits per heavy atom. The van der Waals surface area contributed by atoms with Crippen molar-refractivity contribution in [1.29, 1.82) is 0 Å². The number of furan rings is 1. The van der Waals surface area contributed by atoms with Crippen molar-refractivity contribution in [1.82, 2.24) is 5.32 Å². The molecule has 1 aromatic carbocycles. The van der Waals surface area contributed by atoms with Gasteiger partial charge in [0.1, 0.15) is 11.3 Å². The van der Waals surface area contributed by atoms with Crippen molar-refractivity contribution in [2.75, 3.05) is 13.2 Å². The number of para-hydroxylation sites is 1. The average molecular weight is 289 g/mol. The molecule has 0 saturated heterocycles. The number of hydrogen-bond acceptors (Lipinski definition) is 3. The second kappa shape index (κ2) is 7.10. The minimum atomic E-state index is 0.203. The monoisotopic (exact) mass is 289 g/mol. The van der Waals surface area contributed by atoms with Crippen LogP contribution in [0.2, 0.25) is 0 Å². The summed E-state index contributed by atoms with van der Waals surface area (Å²) in [7, 11) is 0. The maximum Gasteiger partial charge on any atom is 0.134 e. The van der Waals surface area contributed by atoms with Crippen LogP contribution in [0.4, 0.5) is 0 Å². The van der Waals surface area contributed by atoms with Gasteiger partial charge in [0.2, 0.25) is 0 Å². The molecule has 0 spiro atoms. The normalized spacial score (nSPS) is 12.2. The molecule has 2 N–H and O–H groups in total. The first-order valence-corrected chi connectivity index (χ1v) is 7.88. The van der Waals surface area contributed by atoms with E-state index in [1.54, 1.807) is 0 Å². The van der Waals surface area contributed by atoms with Crippen LogP contribution in [0.5, 0.6) is 0 Å². The zero-order valence-corrected chi connectivity index (χ0v) is 13.4. The second-order valence-electron chi connectivity index (χ2n) is 6.45. The highest BCUT2D eigenvalue weighted by Crippen LogP contribution is 2.27. The number of fused-ring (bicyclic) bond motifs is 1. The highest BCUT2D eigenvalue weighted by molar-refractivity contribution is 5.82. The van der Waals surface area contributed by atoms with Crippen molar-refractivity contribution in [3.05, 3.63) is 35.6 Å². The smallest absolute Gasteiger partial charge is 0.134 e. The minimum Gasteiger partial charge on any atom is -0.461 e. The molecule has 3 heteroatoms. The molecule has 0 fully saturated rings. The highest BCUT2D eigenvalue weighted by Gasteiger charge is 2.18. The molecule has 1 aromatic heterocycles. The Bertz CT molecular complexity index is 572. The first-order chi connectivity index (χ1) is 10.1. The van der Waals surface area contributed by atoms with Crippen molar-refractivity contribution < 1.29 is 9.52 Å². The summed E-state index contributed by atoms with van der Waals surface area (Å²) in [5.74, 6) is 1.08. The lowest BCUT2D eigenvalue weighted by atomic mass is 9.88. The van der Waals surface area contributed by atoms with Gasteiger partial charge >= 0.3 is 0 Å². The van der Waals surface area contributed by atoms with Crippen LogP contribution in [-0.2, 0) is 13.0 Å². The van der Waals surface area contributed by atoms with Crippen molar-refractivity contribution >= 4 is 11.0 Å². The second-order valence-corrected chi connectivity index (χ2v) is 6.45. The van der Waals surface area contributed by atoms with Crippen LogP contribution < -0.4 is 5.32 Å². The Labute approximate surface area is 127 Å². The molecule has 0 atom stereocenters. The fraction of sp³-hybridized carbons (Fsp3) is 0.556. The summed E-state index contributed by atoms with van der Waals surface area (Å²) in [4.78, 5) is 0. The van der Waals surface area contributed by atoms with E-state index in [2.05, 4.69) is 38.2 Å². The molecule has 0 aliphatic rings. The molecule has 0 saturated carbocycles. The standard InChI is InChI=1S/C18H27NO2/c1-4-16-15(14-8-5-6-9-17(14)21-16)12-19-13-18(2,3)10-7-11-20/h5-6,8-9,19-20H,4,7,10-13H2,1-3H3. The van der Waals surface area contributed by atoms with Gasteiger partial charge in [-0.05, 0) is 24.3 Å². The average Bonchev–Trinajstić information content (AvgIpc) is 2.83. The van der Waals surface area contributed by atoms with Crippen LogP contribution in [0.25, 0.3) is 11.0 Å². The number of nitrogens with one attached hydrogen (secondary N) is 1. The van der Waals surface area contributed by atoms with Gasteiger partial charge in [-0.3, -0.25) is 0 Å². The van der Waals surface area contributed by atoms with Gasteiger partial charge in [-0.2, -0.15) is 0 Å². The number of rotatable bonds is 8. The molecule has 1 heterocycles. The van der Waals surface area contributed by atoms with E-state index in [0.29, 0.717) is 0 Å². The fourth-order valence-corrected chi connectivity index (χ4v) is 2.80. The zero-order chi connectivity index (χ0) is 15.3. The Kier molecular flexibility index (Phi) is 5.43. The summed E-state index contributed by atoms with van der Waals surface area (Å²) >= 11 is 0. The Morgan fingerprint density at radius 2 is 2.00 bits per heavy atom. The molecule has 0 amide bonds. The van der Waals surface area contributed by atoms with E-state index in [9.17, 15) is 0 Å². The molecule has 0 bridgehead atoms. The topological polar surface area (TPSA) is 45.4 Å². The fourth-order valence-electron chi connectivity index (χ4n) is 2.80. The molecule has 0 aliphatic heterocycles. The number of benzene rings is 1. The third kappa shape index (κ3) is 4.08. The van der Waals surface area contributed by atoms with E-state index >= 15 is 0 Å². The predicted octanol–water partition coefficient (Wildman–Crippen LogP) is 3.88. The minimum absolute atomic E-state index is 0.203. The molecule has 116 valence electrons. The lowest BCUT2D eigenvalue weighted by molar-refractivity contribution is 0.236. The highest BCUT2D eigenvalue weighted by atomic mass is 16.3. The van der Waals surface area contributed by atoms with Gasteiger partial charge in [-0.1, -0.05) is 39.0 Å². The third-order valence-electron chi connectivity index (χ3n) is 4.02. The van der Waals surface area contributed by atoms with Gasteiger partial charge < -0.3 is 14.8 Å². The molecule has 3 nitrogen and oxygen atoms in total. The van der Waals surface area contributed by atoms with Crippen LogP contribution in [0, 0.1) is 5.41 Å². The summed E-state index contributed by atoms with van der Waals surface area (Å²) in [6.45, 7) is 8.66. The number of aryl methyl sites for hydroxylation is 1. The lowest BCUT2D eigenvalue weighted by Gasteiger charge is -2.24. The van der Waals surface area contributed by atoms with E-state index in [1.165, 1.54) is 10.9 Å². The SMILES string of the molecule is CCc1oc2ccccc2c1CNCC(C)(C)CCCO. The molecular formula is C18H27NO2. The molecule has 0 radical (unpaired) electrons.